The van der Waals surface area contributed by atoms with Crippen LogP contribution in [0.1, 0.15) is 110 Å². The van der Waals surface area contributed by atoms with Gasteiger partial charge in [0.25, 0.3) is 0 Å². The van der Waals surface area contributed by atoms with Crippen LogP contribution in [0.5, 0.6) is 5.75 Å². The molecule has 0 aliphatic heterocycles. The Kier molecular flexibility index (Phi) is 16.8. The molecule has 38 heavy (non-hydrogen) atoms. The van der Waals surface area contributed by atoms with Gasteiger partial charge in [-0.25, -0.2) is 0 Å². The second-order valence-electron chi connectivity index (χ2n) is 10.3. The number of rotatable bonds is 22. The van der Waals surface area contributed by atoms with Crippen molar-refractivity contribution >= 4 is 28.7 Å². The molecule has 0 spiro atoms. The molecular weight excluding hydrogens is 474 g/mol. The number of methoxy groups -OCH3 is 1. The second-order valence-corrected chi connectivity index (χ2v) is 10.3. The third-order valence-corrected chi connectivity index (χ3v) is 6.82. The predicted molar refractivity (Wildman–Crippen MR) is 161 cm³/mol. The summed E-state index contributed by atoms with van der Waals surface area (Å²) in [4.78, 5) is 12.4. The average Bonchev–Trinajstić information content (AvgIpc) is 2.92. The van der Waals surface area contributed by atoms with Gasteiger partial charge in [0.1, 0.15) is 5.75 Å². The molecule has 0 aliphatic rings. The van der Waals surface area contributed by atoms with Crippen molar-refractivity contribution < 1.29 is 14.3 Å². The summed E-state index contributed by atoms with van der Waals surface area (Å²) in [6.07, 6.45) is 20.4. The lowest BCUT2D eigenvalue weighted by molar-refractivity contribution is -0.116. The van der Waals surface area contributed by atoms with Crippen LogP contribution >= 0.6 is 0 Å². The lowest BCUT2D eigenvalue weighted by Crippen LogP contribution is -2.11. The van der Waals surface area contributed by atoms with Gasteiger partial charge in [-0.2, -0.15) is 0 Å². The van der Waals surface area contributed by atoms with E-state index in [0.717, 1.165) is 35.7 Å². The van der Waals surface area contributed by atoms with E-state index >= 15 is 0 Å². The molecule has 4 N–H and O–H groups in total. The van der Waals surface area contributed by atoms with Gasteiger partial charge in [0.15, 0.2) is 6.79 Å². The molecule has 2 rings (SSSR count). The van der Waals surface area contributed by atoms with Gasteiger partial charge < -0.3 is 25.8 Å². The average molecular weight is 526 g/mol. The molecule has 0 aromatic heterocycles. The zero-order valence-corrected chi connectivity index (χ0v) is 23.9. The number of unbranched alkanes of at least 4 members (excludes halogenated alkanes) is 14. The summed E-state index contributed by atoms with van der Waals surface area (Å²) >= 11 is 0. The van der Waals surface area contributed by atoms with Gasteiger partial charge in [-0.15, -0.1) is 0 Å². The molecule has 1 amide bonds. The molecule has 0 saturated heterocycles. The fourth-order valence-corrected chi connectivity index (χ4v) is 4.55. The quantitative estimate of drug-likeness (QED) is 0.0810. The zero-order valence-electron chi connectivity index (χ0n) is 23.9. The monoisotopic (exact) mass is 525 g/mol. The summed E-state index contributed by atoms with van der Waals surface area (Å²) < 4.78 is 10.3. The standard InChI is InChI=1S/C32H51N3O3/c1-3-4-5-6-7-8-9-10-11-12-13-14-15-16-17-18-32(36)35-28-21-24-31(30(33)25-28)34-27-19-22-29(23-20-27)38-26-37-2/h19-25,34H,3-18,26,33H2,1-2H3,(H,35,36). The number of anilines is 4. The third kappa shape index (κ3) is 14.3. The van der Waals surface area contributed by atoms with Crippen LogP contribution in [0.25, 0.3) is 0 Å². The van der Waals surface area contributed by atoms with Gasteiger partial charge in [0.05, 0.1) is 11.4 Å². The molecule has 6 heteroatoms. The van der Waals surface area contributed by atoms with Crippen LogP contribution in [0.4, 0.5) is 22.7 Å². The molecule has 0 unspecified atom stereocenters. The van der Waals surface area contributed by atoms with Crippen molar-refractivity contribution in [3.63, 3.8) is 0 Å². The van der Waals surface area contributed by atoms with E-state index in [2.05, 4.69) is 17.6 Å². The Balaban J connectivity index is 1.51. The molecule has 0 heterocycles. The van der Waals surface area contributed by atoms with Crippen LogP contribution < -0.4 is 21.1 Å². The van der Waals surface area contributed by atoms with Crippen molar-refractivity contribution in [1.29, 1.82) is 0 Å². The highest BCUT2D eigenvalue weighted by atomic mass is 16.7. The number of nitrogens with two attached hydrogens (primary N) is 1. The molecule has 0 atom stereocenters. The molecule has 0 bridgehead atoms. The third-order valence-electron chi connectivity index (χ3n) is 6.82. The Morgan fingerprint density at radius 3 is 1.79 bits per heavy atom. The van der Waals surface area contributed by atoms with E-state index in [4.69, 9.17) is 15.2 Å². The topological polar surface area (TPSA) is 85.6 Å². The number of nitrogen functional groups attached to an aromatic ring is 1. The van der Waals surface area contributed by atoms with Gasteiger partial charge in [0, 0.05) is 24.9 Å². The fourth-order valence-electron chi connectivity index (χ4n) is 4.55. The summed E-state index contributed by atoms with van der Waals surface area (Å²) in [6, 6.07) is 13.1. The minimum Gasteiger partial charge on any atom is -0.468 e. The van der Waals surface area contributed by atoms with Crippen molar-refractivity contribution in [3.8, 4) is 5.75 Å². The number of hydrogen-bond donors (Lipinski definition) is 3. The number of amides is 1. The van der Waals surface area contributed by atoms with E-state index in [1.807, 2.05) is 36.4 Å². The summed E-state index contributed by atoms with van der Waals surface area (Å²) in [5.41, 5.74) is 9.21. The summed E-state index contributed by atoms with van der Waals surface area (Å²) in [7, 11) is 1.59. The van der Waals surface area contributed by atoms with Crippen LogP contribution in [0, 0.1) is 0 Å². The highest BCUT2D eigenvalue weighted by molar-refractivity contribution is 5.92. The molecule has 6 nitrogen and oxygen atoms in total. The normalized spacial score (nSPS) is 10.9. The lowest BCUT2D eigenvalue weighted by atomic mass is 10.0. The number of nitrogens with one attached hydrogen (secondary N) is 2. The number of carbonyl (C=O) groups excluding carboxylic acids is 1. The minimum absolute atomic E-state index is 0.0476. The maximum Gasteiger partial charge on any atom is 0.224 e. The molecule has 2 aromatic carbocycles. The number of hydrogen-bond acceptors (Lipinski definition) is 5. The maximum atomic E-state index is 12.4. The van der Waals surface area contributed by atoms with Crippen LogP contribution in [0.2, 0.25) is 0 Å². The molecular formula is C32H51N3O3. The Bertz CT molecular complexity index is 886. The second kappa shape index (κ2) is 20.3. The molecule has 0 fully saturated rings. The van der Waals surface area contributed by atoms with Crippen molar-refractivity contribution in [2.24, 2.45) is 0 Å². The zero-order chi connectivity index (χ0) is 27.3. The van der Waals surface area contributed by atoms with Crippen molar-refractivity contribution in [3.05, 3.63) is 42.5 Å². The van der Waals surface area contributed by atoms with Crippen molar-refractivity contribution in [2.45, 2.75) is 110 Å². The minimum atomic E-state index is 0.0476. The number of benzene rings is 2. The van der Waals surface area contributed by atoms with E-state index in [9.17, 15) is 4.79 Å². The first-order valence-corrected chi connectivity index (χ1v) is 14.8. The van der Waals surface area contributed by atoms with Gasteiger partial charge in [0.2, 0.25) is 5.91 Å². The Morgan fingerprint density at radius 1 is 0.737 bits per heavy atom. The highest BCUT2D eigenvalue weighted by Crippen LogP contribution is 2.27. The smallest absolute Gasteiger partial charge is 0.224 e. The van der Waals surface area contributed by atoms with Crippen LogP contribution in [-0.2, 0) is 9.53 Å². The summed E-state index contributed by atoms with van der Waals surface area (Å²) in [5.74, 6) is 0.781. The first-order valence-electron chi connectivity index (χ1n) is 14.8. The van der Waals surface area contributed by atoms with E-state index in [1.54, 1.807) is 13.2 Å². The molecule has 2 aromatic rings. The van der Waals surface area contributed by atoms with Gasteiger partial charge in [-0.1, -0.05) is 96.8 Å². The Labute approximate surface area is 231 Å². The Morgan fingerprint density at radius 2 is 1.26 bits per heavy atom. The maximum absolute atomic E-state index is 12.4. The van der Waals surface area contributed by atoms with Crippen molar-refractivity contribution in [2.75, 3.05) is 30.3 Å². The van der Waals surface area contributed by atoms with E-state index in [1.165, 1.54) is 83.5 Å². The fraction of sp³-hybridized carbons (Fsp3) is 0.594. The predicted octanol–water partition coefficient (Wildman–Crippen LogP) is 9.20. The first-order chi connectivity index (χ1) is 18.6. The van der Waals surface area contributed by atoms with Gasteiger partial charge >= 0.3 is 0 Å². The molecule has 0 saturated carbocycles. The van der Waals surface area contributed by atoms with Crippen molar-refractivity contribution in [1.82, 2.24) is 0 Å². The van der Waals surface area contributed by atoms with E-state index < -0.39 is 0 Å². The highest BCUT2D eigenvalue weighted by Gasteiger charge is 2.06. The summed E-state index contributed by atoms with van der Waals surface area (Å²) in [5, 5.41) is 6.27. The van der Waals surface area contributed by atoms with Crippen LogP contribution in [0.15, 0.2) is 42.5 Å². The van der Waals surface area contributed by atoms with Gasteiger partial charge in [-0.3, -0.25) is 4.79 Å². The molecule has 0 aliphatic carbocycles. The first kappa shape index (κ1) is 31.5. The summed E-state index contributed by atoms with van der Waals surface area (Å²) in [6.45, 7) is 2.49. The van der Waals surface area contributed by atoms with Gasteiger partial charge in [-0.05, 0) is 48.9 Å². The largest absolute Gasteiger partial charge is 0.468 e. The van der Waals surface area contributed by atoms with Crippen LogP contribution in [0.3, 0.4) is 0 Å². The van der Waals surface area contributed by atoms with E-state index in [0.29, 0.717) is 12.1 Å². The lowest BCUT2D eigenvalue weighted by Gasteiger charge is -2.12. The number of ether oxygens (including phenoxy) is 2. The van der Waals surface area contributed by atoms with E-state index in [-0.39, 0.29) is 12.7 Å². The number of carbonyl (C=O) groups is 1. The Hall–Kier alpha value is -2.73. The molecule has 212 valence electrons. The molecule has 0 radical (unpaired) electrons. The van der Waals surface area contributed by atoms with Crippen LogP contribution in [-0.4, -0.2) is 19.8 Å². The SMILES string of the molecule is CCCCCCCCCCCCCCCCCC(=O)Nc1ccc(Nc2ccc(OCOC)cc2)c(N)c1.